The molecule has 114 valence electrons. The summed E-state index contributed by atoms with van der Waals surface area (Å²) >= 11 is 0. The number of aliphatic hydroxyl groups is 1. The van der Waals surface area contributed by atoms with Crippen LogP contribution in [0, 0.1) is 23.7 Å². The van der Waals surface area contributed by atoms with E-state index >= 15 is 0 Å². The number of ether oxygens (including phenoxy) is 1. The average Bonchev–Trinajstić information content (AvgIpc) is 2.23. The summed E-state index contributed by atoms with van der Waals surface area (Å²) in [5, 5.41) is 10.7. The summed E-state index contributed by atoms with van der Waals surface area (Å²) in [4.78, 5) is 12.4. The van der Waals surface area contributed by atoms with E-state index in [0.717, 1.165) is 32.1 Å². The molecule has 20 heavy (non-hydrogen) atoms. The summed E-state index contributed by atoms with van der Waals surface area (Å²) in [6.07, 6.45) is 6.58. The van der Waals surface area contributed by atoms with Gasteiger partial charge in [0, 0.05) is 6.42 Å². The van der Waals surface area contributed by atoms with Crippen LogP contribution in [0.1, 0.15) is 65.7 Å². The van der Waals surface area contributed by atoms with Crippen molar-refractivity contribution in [3.8, 4) is 0 Å². The Balaban J connectivity index is 1.69. The Kier molecular flexibility index (Phi) is 3.39. The van der Waals surface area contributed by atoms with Crippen molar-refractivity contribution in [3.05, 3.63) is 0 Å². The third kappa shape index (κ3) is 2.61. The molecule has 3 nitrogen and oxygen atoms in total. The van der Waals surface area contributed by atoms with Crippen molar-refractivity contribution >= 4 is 5.97 Å². The summed E-state index contributed by atoms with van der Waals surface area (Å²) in [5.74, 6) is 1.56. The van der Waals surface area contributed by atoms with Crippen LogP contribution in [-0.2, 0) is 9.53 Å². The second-order valence-electron chi connectivity index (χ2n) is 8.32. The van der Waals surface area contributed by atoms with Crippen LogP contribution in [-0.4, -0.2) is 22.3 Å². The number of rotatable bonds is 4. The molecule has 1 N–H and O–H groups in total. The van der Waals surface area contributed by atoms with Gasteiger partial charge in [-0.25, -0.2) is 0 Å². The molecule has 0 spiro atoms. The molecule has 0 aromatic rings. The largest absolute Gasteiger partial charge is 0.459 e. The van der Waals surface area contributed by atoms with E-state index in [2.05, 4.69) is 13.8 Å². The number of carbonyl (C=O) groups is 1. The van der Waals surface area contributed by atoms with E-state index in [-0.39, 0.29) is 17.5 Å². The van der Waals surface area contributed by atoms with Crippen LogP contribution < -0.4 is 0 Å². The van der Waals surface area contributed by atoms with Crippen molar-refractivity contribution in [2.75, 3.05) is 0 Å². The first-order chi connectivity index (χ1) is 9.29. The Morgan fingerprint density at radius 3 is 2.30 bits per heavy atom. The molecule has 4 aliphatic carbocycles. The topological polar surface area (TPSA) is 46.5 Å². The average molecular weight is 280 g/mol. The van der Waals surface area contributed by atoms with Crippen LogP contribution >= 0.6 is 0 Å². The number of hydrogen-bond donors (Lipinski definition) is 1. The minimum absolute atomic E-state index is 0.0300. The lowest BCUT2D eigenvalue weighted by Gasteiger charge is -2.59. The SMILES string of the molecule is CC(C)CC(C)C(=O)OC12CC3CC(CC(O)(C3)C1)C2. The van der Waals surface area contributed by atoms with E-state index in [1.165, 1.54) is 6.42 Å². The molecule has 4 aliphatic rings. The molecule has 0 amide bonds. The van der Waals surface area contributed by atoms with Crippen LogP contribution in [0.15, 0.2) is 0 Å². The standard InChI is InChI=1S/C17H28O3/c1-11(2)4-12(3)15(18)20-17-8-13-5-14(9-17)7-16(19,6-13)10-17/h11-14,19H,4-10H2,1-3H3. The molecule has 3 unspecified atom stereocenters. The smallest absolute Gasteiger partial charge is 0.309 e. The highest BCUT2D eigenvalue weighted by atomic mass is 16.6. The van der Waals surface area contributed by atoms with Crippen LogP contribution in [0.5, 0.6) is 0 Å². The van der Waals surface area contributed by atoms with E-state index in [9.17, 15) is 9.90 Å². The maximum atomic E-state index is 12.4. The van der Waals surface area contributed by atoms with Gasteiger partial charge in [0.25, 0.3) is 0 Å². The Bertz CT molecular complexity index is 387. The van der Waals surface area contributed by atoms with Crippen LogP contribution in [0.4, 0.5) is 0 Å². The quantitative estimate of drug-likeness (QED) is 0.804. The molecule has 4 bridgehead atoms. The highest BCUT2D eigenvalue weighted by Gasteiger charge is 2.59. The van der Waals surface area contributed by atoms with Gasteiger partial charge in [-0.3, -0.25) is 4.79 Å². The van der Waals surface area contributed by atoms with Crippen molar-refractivity contribution in [2.45, 2.75) is 76.9 Å². The van der Waals surface area contributed by atoms with Gasteiger partial charge in [-0.2, -0.15) is 0 Å². The highest BCUT2D eigenvalue weighted by molar-refractivity contribution is 5.72. The van der Waals surface area contributed by atoms with Crippen LogP contribution in [0.3, 0.4) is 0 Å². The van der Waals surface area contributed by atoms with Crippen molar-refractivity contribution in [3.63, 3.8) is 0 Å². The highest BCUT2D eigenvalue weighted by Crippen LogP contribution is 2.58. The fraction of sp³-hybridized carbons (Fsp3) is 0.941. The molecule has 0 aromatic carbocycles. The van der Waals surface area contributed by atoms with E-state index in [1.807, 2.05) is 6.92 Å². The zero-order valence-corrected chi connectivity index (χ0v) is 13.0. The predicted octanol–water partition coefficient (Wildman–Crippen LogP) is 3.30. The van der Waals surface area contributed by atoms with Gasteiger partial charge in [-0.05, 0) is 56.3 Å². The summed E-state index contributed by atoms with van der Waals surface area (Å²) < 4.78 is 5.98. The van der Waals surface area contributed by atoms with Gasteiger partial charge in [0.1, 0.15) is 5.60 Å². The van der Waals surface area contributed by atoms with E-state index in [0.29, 0.717) is 24.2 Å². The second-order valence-corrected chi connectivity index (χ2v) is 8.32. The number of carbonyl (C=O) groups excluding carboxylic acids is 1. The third-order valence-electron chi connectivity index (χ3n) is 5.52. The molecular formula is C17H28O3. The third-order valence-corrected chi connectivity index (χ3v) is 5.52. The van der Waals surface area contributed by atoms with Gasteiger partial charge < -0.3 is 9.84 Å². The monoisotopic (exact) mass is 280 g/mol. The first-order valence-corrected chi connectivity index (χ1v) is 8.24. The molecule has 4 fully saturated rings. The lowest BCUT2D eigenvalue weighted by atomic mass is 9.52. The molecular weight excluding hydrogens is 252 g/mol. The molecule has 3 heteroatoms. The van der Waals surface area contributed by atoms with Crippen molar-refractivity contribution < 1.29 is 14.6 Å². The van der Waals surface area contributed by atoms with Crippen molar-refractivity contribution in [1.82, 2.24) is 0 Å². The molecule has 3 atom stereocenters. The first-order valence-electron chi connectivity index (χ1n) is 8.24. The normalized spacial score (nSPS) is 43.9. The van der Waals surface area contributed by atoms with Gasteiger partial charge >= 0.3 is 5.97 Å². The zero-order valence-electron chi connectivity index (χ0n) is 13.0. The molecule has 0 aliphatic heterocycles. The molecule has 0 saturated heterocycles. The lowest BCUT2D eigenvalue weighted by molar-refractivity contribution is -0.222. The molecule has 4 saturated carbocycles. The predicted molar refractivity (Wildman–Crippen MR) is 77.1 cm³/mol. The van der Waals surface area contributed by atoms with Crippen molar-refractivity contribution in [2.24, 2.45) is 23.7 Å². The summed E-state index contributed by atoms with van der Waals surface area (Å²) in [5.41, 5.74) is -0.896. The second kappa shape index (κ2) is 4.72. The van der Waals surface area contributed by atoms with Gasteiger partial charge in [0.05, 0.1) is 11.5 Å². The van der Waals surface area contributed by atoms with E-state index in [1.54, 1.807) is 0 Å². The van der Waals surface area contributed by atoms with Crippen LogP contribution in [0.25, 0.3) is 0 Å². The van der Waals surface area contributed by atoms with Gasteiger partial charge in [-0.1, -0.05) is 20.8 Å². The molecule has 0 radical (unpaired) electrons. The van der Waals surface area contributed by atoms with Gasteiger partial charge in [-0.15, -0.1) is 0 Å². The minimum Gasteiger partial charge on any atom is -0.459 e. The fourth-order valence-corrected chi connectivity index (χ4v) is 5.37. The number of hydrogen-bond acceptors (Lipinski definition) is 3. The molecule has 4 rings (SSSR count). The summed E-state index contributed by atoms with van der Waals surface area (Å²) in [7, 11) is 0. The van der Waals surface area contributed by atoms with E-state index in [4.69, 9.17) is 4.74 Å². The Morgan fingerprint density at radius 2 is 1.80 bits per heavy atom. The maximum absolute atomic E-state index is 12.4. The van der Waals surface area contributed by atoms with Gasteiger partial charge in [0.15, 0.2) is 0 Å². The van der Waals surface area contributed by atoms with E-state index < -0.39 is 5.60 Å². The Morgan fingerprint density at radius 1 is 1.20 bits per heavy atom. The Labute approximate surface area is 122 Å². The summed E-state index contributed by atoms with van der Waals surface area (Å²) in [6.45, 7) is 6.24. The molecule has 0 heterocycles. The van der Waals surface area contributed by atoms with Gasteiger partial charge in [0.2, 0.25) is 0 Å². The lowest BCUT2D eigenvalue weighted by Crippen LogP contribution is -2.60. The zero-order chi connectivity index (χ0) is 14.5. The number of esters is 1. The molecule has 0 aromatic heterocycles. The summed E-state index contributed by atoms with van der Waals surface area (Å²) in [6, 6.07) is 0. The Hall–Kier alpha value is -0.570. The fourth-order valence-electron chi connectivity index (χ4n) is 5.37. The minimum atomic E-state index is -0.550. The first kappa shape index (κ1) is 14.4. The maximum Gasteiger partial charge on any atom is 0.309 e. The van der Waals surface area contributed by atoms with Crippen molar-refractivity contribution in [1.29, 1.82) is 0 Å². The van der Waals surface area contributed by atoms with Crippen LogP contribution in [0.2, 0.25) is 0 Å².